The lowest BCUT2D eigenvalue weighted by molar-refractivity contribution is -0.533. The number of aliphatic hydroxyl groups is 1. The van der Waals surface area contributed by atoms with Crippen LogP contribution in [-0.2, 0) is 0 Å². The maximum absolute atomic E-state index is 11.4. The molecule has 0 fully saturated rings. The minimum absolute atomic E-state index is 0.0366. The van der Waals surface area contributed by atoms with Gasteiger partial charge in [-0.3, -0.25) is 0 Å². The van der Waals surface area contributed by atoms with Gasteiger partial charge in [0.2, 0.25) is 6.54 Å². The number of benzene rings is 1. The first-order valence-corrected chi connectivity index (χ1v) is 5.61. The summed E-state index contributed by atoms with van der Waals surface area (Å²) < 4.78 is 0. The summed E-state index contributed by atoms with van der Waals surface area (Å²) in [4.78, 5) is 0.551. The molecular formula is C12H18N2O2. The predicted molar refractivity (Wildman–Crippen MR) is 62.6 cm³/mol. The molecule has 0 aromatic heterocycles. The van der Waals surface area contributed by atoms with Crippen molar-refractivity contribution in [3.05, 3.63) is 35.5 Å². The largest absolute Gasteiger partial charge is 0.600 e. The van der Waals surface area contributed by atoms with E-state index in [1.54, 1.807) is 12.1 Å². The quantitative estimate of drug-likeness (QED) is 0.457. The molecule has 0 aliphatic rings. The van der Waals surface area contributed by atoms with Gasteiger partial charge in [0, 0.05) is 5.11 Å². The van der Waals surface area contributed by atoms with E-state index in [9.17, 15) is 10.3 Å². The predicted octanol–water partition coefficient (Wildman–Crippen LogP) is 2.83. The van der Waals surface area contributed by atoms with Gasteiger partial charge < -0.3 is 10.3 Å². The minimum Gasteiger partial charge on any atom is -0.600 e. The zero-order chi connectivity index (χ0) is 11.8. The first-order valence-electron chi connectivity index (χ1n) is 5.61. The molecule has 0 aliphatic heterocycles. The van der Waals surface area contributed by atoms with E-state index in [-0.39, 0.29) is 6.54 Å². The number of hydrogen-bond acceptors (Lipinski definition) is 3. The molecule has 1 aromatic rings. The summed E-state index contributed by atoms with van der Waals surface area (Å²) in [5.74, 6) is 0. The third kappa shape index (κ3) is 4.89. The van der Waals surface area contributed by atoms with Crippen molar-refractivity contribution < 1.29 is 9.97 Å². The van der Waals surface area contributed by atoms with E-state index in [1.165, 1.54) is 0 Å². The third-order valence-electron chi connectivity index (χ3n) is 2.24. The zero-order valence-electron chi connectivity index (χ0n) is 9.54. The van der Waals surface area contributed by atoms with Gasteiger partial charge in [0.25, 0.3) is 0 Å². The van der Waals surface area contributed by atoms with Gasteiger partial charge in [0.1, 0.15) is 11.8 Å². The van der Waals surface area contributed by atoms with E-state index in [2.05, 4.69) is 12.0 Å². The van der Waals surface area contributed by atoms with E-state index in [0.717, 1.165) is 12.8 Å². The van der Waals surface area contributed by atoms with Crippen LogP contribution < -0.4 is 0 Å². The van der Waals surface area contributed by atoms with Crippen molar-refractivity contribution in [3.63, 3.8) is 0 Å². The summed E-state index contributed by atoms with van der Waals surface area (Å²) in [6.45, 7) is 2.09. The van der Waals surface area contributed by atoms with Crippen LogP contribution in [0.1, 0.15) is 26.2 Å². The maximum atomic E-state index is 11.4. The topological polar surface area (TPSA) is 58.7 Å². The summed E-state index contributed by atoms with van der Waals surface area (Å²) >= 11 is 0. The van der Waals surface area contributed by atoms with Crippen LogP contribution in [0.2, 0.25) is 0 Å². The average molecular weight is 222 g/mol. The fraction of sp³-hybridized carbons (Fsp3) is 0.500. The van der Waals surface area contributed by atoms with Crippen molar-refractivity contribution in [2.24, 2.45) is 5.11 Å². The van der Waals surface area contributed by atoms with Crippen LogP contribution in [0.4, 0.5) is 5.69 Å². The molecular weight excluding hydrogens is 204 g/mol. The first kappa shape index (κ1) is 12.6. The molecule has 88 valence electrons. The number of hydroxylamine groups is 1. The number of azo groups is 1. The van der Waals surface area contributed by atoms with Gasteiger partial charge in [-0.2, -0.15) is 0 Å². The number of aliphatic hydroxyl groups excluding tert-OH is 1. The summed E-state index contributed by atoms with van der Waals surface area (Å²) in [5, 5.41) is 24.7. The molecule has 0 aliphatic carbocycles. The minimum atomic E-state index is -0.593. The molecule has 0 spiro atoms. The highest BCUT2D eigenvalue weighted by Crippen LogP contribution is 2.10. The number of hydrogen-bond donors (Lipinski definition) is 1. The van der Waals surface area contributed by atoms with Crippen molar-refractivity contribution in [3.8, 4) is 0 Å². The Balaban J connectivity index is 2.45. The summed E-state index contributed by atoms with van der Waals surface area (Å²) in [5.41, 5.74) is 0.611. The molecule has 1 unspecified atom stereocenters. The van der Waals surface area contributed by atoms with Crippen LogP contribution in [0.25, 0.3) is 0 Å². The third-order valence-corrected chi connectivity index (χ3v) is 2.24. The van der Waals surface area contributed by atoms with Gasteiger partial charge in [0.15, 0.2) is 0 Å². The highest BCUT2D eigenvalue weighted by Gasteiger charge is 2.09. The number of unbranched alkanes of at least 4 members (excludes halogenated alkanes) is 1. The van der Waals surface area contributed by atoms with Crippen LogP contribution >= 0.6 is 0 Å². The summed E-state index contributed by atoms with van der Waals surface area (Å²) in [6, 6.07) is 9.01. The smallest absolute Gasteiger partial charge is 0.206 e. The molecule has 0 bridgehead atoms. The van der Waals surface area contributed by atoms with Gasteiger partial charge in [-0.25, -0.2) is 0 Å². The van der Waals surface area contributed by atoms with Crippen molar-refractivity contribution >= 4 is 5.69 Å². The Hall–Kier alpha value is -1.42. The zero-order valence-corrected chi connectivity index (χ0v) is 9.54. The normalized spacial score (nSPS) is 13.8. The van der Waals surface area contributed by atoms with Gasteiger partial charge in [0.05, 0.1) is 0 Å². The Morgan fingerprint density at radius 3 is 2.69 bits per heavy atom. The number of rotatable bonds is 6. The van der Waals surface area contributed by atoms with Crippen LogP contribution in [-0.4, -0.2) is 22.6 Å². The second-order valence-corrected chi connectivity index (χ2v) is 3.77. The summed E-state index contributed by atoms with van der Waals surface area (Å²) in [6.07, 6.45) is 2.01. The molecule has 0 saturated carbocycles. The van der Waals surface area contributed by atoms with Gasteiger partial charge in [-0.1, -0.05) is 42.8 Å². The molecule has 1 N–H and O–H groups in total. The van der Waals surface area contributed by atoms with E-state index < -0.39 is 6.10 Å². The Labute approximate surface area is 95.8 Å². The summed E-state index contributed by atoms with van der Waals surface area (Å²) in [7, 11) is 0. The van der Waals surface area contributed by atoms with Crippen molar-refractivity contribution in [2.45, 2.75) is 32.3 Å². The van der Waals surface area contributed by atoms with E-state index in [4.69, 9.17) is 0 Å². The molecule has 0 heterocycles. The molecule has 4 nitrogen and oxygen atoms in total. The Morgan fingerprint density at radius 1 is 1.38 bits per heavy atom. The van der Waals surface area contributed by atoms with Crippen LogP contribution in [0.15, 0.2) is 35.4 Å². The van der Waals surface area contributed by atoms with Crippen molar-refractivity contribution in [1.82, 2.24) is 0 Å². The van der Waals surface area contributed by atoms with Crippen molar-refractivity contribution in [2.75, 3.05) is 6.54 Å². The van der Waals surface area contributed by atoms with Crippen molar-refractivity contribution in [1.29, 1.82) is 0 Å². The highest BCUT2D eigenvalue weighted by molar-refractivity contribution is 5.34. The molecule has 1 rings (SSSR count). The number of nitrogens with zero attached hydrogens (tertiary/aromatic N) is 2. The molecule has 16 heavy (non-hydrogen) atoms. The second kappa shape index (κ2) is 6.95. The van der Waals surface area contributed by atoms with E-state index in [1.807, 2.05) is 18.2 Å². The Kier molecular flexibility index (Phi) is 5.50. The van der Waals surface area contributed by atoms with E-state index >= 15 is 0 Å². The Morgan fingerprint density at radius 2 is 2.06 bits per heavy atom. The molecule has 0 radical (unpaired) electrons. The van der Waals surface area contributed by atoms with E-state index in [0.29, 0.717) is 17.0 Å². The standard InChI is InChI=1S/C12H18N2O2/c1-2-3-9-12(15)10-14(16)13-11-7-5-4-6-8-11/h4-8,12,15H,2-3,9-10H2,1H3. The molecule has 1 aromatic carbocycles. The second-order valence-electron chi connectivity index (χ2n) is 3.77. The molecule has 1 atom stereocenters. The average Bonchev–Trinajstić information content (AvgIpc) is 2.27. The molecule has 0 amide bonds. The molecule has 4 heteroatoms. The van der Waals surface area contributed by atoms with Crippen LogP contribution in [0.5, 0.6) is 0 Å². The lowest BCUT2D eigenvalue weighted by atomic mass is 10.2. The monoisotopic (exact) mass is 222 g/mol. The lowest BCUT2D eigenvalue weighted by Gasteiger charge is -2.07. The maximum Gasteiger partial charge on any atom is 0.206 e. The SMILES string of the molecule is CCCCC(O)C[N+]([O-])=Nc1ccccc1. The lowest BCUT2D eigenvalue weighted by Crippen LogP contribution is -2.19. The fourth-order valence-corrected chi connectivity index (χ4v) is 1.38. The molecule has 0 saturated heterocycles. The van der Waals surface area contributed by atoms with Crippen LogP contribution in [0.3, 0.4) is 0 Å². The van der Waals surface area contributed by atoms with Crippen LogP contribution in [0, 0.1) is 5.21 Å². The van der Waals surface area contributed by atoms with Gasteiger partial charge >= 0.3 is 0 Å². The van der Waals surface area contributed by atoms with Gasteiger partial charge in [-0.15, -0.1) is 0 Å². The van der Waals surface area contributed by atoms with Gasteiger partial charge in [-0.05, 0) is 18.6 Å². The first-order chi connectivity index (χ1) is 7.72. The highest BCUT2D eigenvalue weighted by atomic mass is 16.5. The fourth-order valence-electron chi connectivity index (χ4n) is 1.38. The Bertz CT molecular complexity index is 325.